The Morgan fingerprint density at radius 1 is 1.18 bits per heavy atom. The second kappa shape index (κ2) is 7.75. The largest absolute Gasteiger partial charge is 0.450 e. The Hall–Kier alpha value is -3.29. The van der Waals surface area contributed by atoms with Crippen molar-refractivity contribution in [2.45, 2.75) is 40.5 Å². The standard InChI is InChI=1S/C20H23N5O3/c1-11(2)15-8-6-7-12(3)17(15)22-16(26)10-28-19(27)18-23-20-21-13(4)9-14(5)25(20)24-18/h6-9,11H,10H2,1-5H3,(H,22,26). The van der Waals surface area contributed by atoms with E-state index in [1.165, 1.54) is 4.52 Å². The maximum absolute atomic E-state index is 12.3. The third-order valence-electron chi connectivity index (χ3n) is 4.33. The van der Waals surface area contributed by atoms with Crippen LogP contribution < -0.4 is 5.32 Å². The van der Waals surface area contributed by atoms with Crippen LogP contribution in [0.5, 0.6) is 0 Å². The van der Waals surface area contributed by atoms with Crippen molar-refractivity contribution in [3.05, 3.63) is 52.6 Å². The highest BCUT2D eigenvalue weighted by Crippen LogP contribution is 2.27. The van der Waals surface area contributed by atoms with E-state index in [0.29, 0.717) is 5.78 Å². The molecule has 8 heteroatoms. The van der Waals surface area contributed by atoms with E-state index in [4.69, 9.17) is 4.74 Å². The predicted octanol–water partition coefficient (Wildman–Crippen LogP) is 2.97. The summed E-state index contributed by atoms with van der Waals surface area (Å²) in [6.07, 6.45) is 0. The molecule has 0 radical (unpaired) electrons. The third kappa shape index (κ3) is 4.00. The molecular weight excluding hydrogens is 358 g/mol. The number of aromatic nitrogens is 4. The topological polar surface area (TPSA) is 98.5 Å². The zero-order chi connectivity index (χ0) is 20.4. The maximum Gasteiger partial charge on any atom is 0.378 e. The van der Waals surface area contributed by atoms with Crippen LogP contribution in [0.25, 0.3) is 5.78 Å². The third-order valence-corrected chi connectivity index (χ3v) is 4.33. The average Bonchev–Trinajstić information content (AvgIpc) is 3.05. The monoisotopic (exact) mass is 381 g/mol. The molecule has 1 aromatic carbocycles. The molecule has 2 heterocycles. The first-order chi connectivity index (χ1) is 13.3. The van der Waals surface area contributed by atoms with Crippen molar-refractivity contribution in [1.82, 2.24) is 19.6 Å². The molecule has 0 atom stereocenters. The quantitative estimate of drug-likeness (QED) is 0.682. The van der Waals surface area contributed by atoms with Crippen LogP contribution in [-0.4, -0.2) is 38.1 Å². The van der Waals surface area contributed by atoms with Gasteiger partial charge in [0.15, 0.2) is 6.61 Å². The molecule has 0 saturated heterocycles. The fraction of sp³-hybridized carbons (Fsp3) is 0.350. The lowest BCUT2D eigenvalue weighted by atomic mass is 9.98. The van der Waals surface area contributed by atoms with Crippen LogP contribution in [0.4, 0.5) is 5.69 Å². The highest BCUT2D eigenvalue weighted by molar-refractivity contribution is 5.95. The van der Waals surface area contributed by atoms with Crippen molar-refractivity contribution in [2.75, 3.05) is 11.9 Å². The number of rotatable bonds is 5. The molecule has 3 aromatic rings. The number of amides is 1. The van der Waals surface area contributed by atoms with Gasteiger partial charge in [0, 0.05) is 17.1 Å². The molecular formula is C20H23N5O3. The number of esters is 1. The lowest BCUT2D eigenvalue weighted by Gasteiger charge is -2.16. The molecule has 0 fully saturated rings. The lowest BCUT2D eigenvalue weighted by Crippen LogP contribution is -2.22. The summed E-state index contributed by atoms with van der Waals surface area (Å²) in [5.41, 5.74) is 4.30. The molecule has 3 rings (SSSR count). The van der Waals surface area contributed by atoms with Crippen molar-refractivity contribution in [2.24, 2.45) is 0 Å². The van der Waals surface area contributed by atoms with Gasteiger partial charge in [0.25, 0.3) is 17.5 Å². The molecule has 0 bridgehead atoms. The molecule has 1 amide bonds. The molecule has 28 heavy (non-hydrogen) atoms. The summed E-state index contributed by atoms with van der Waals surface area (Å²) in [5, 5.41) is 6.94. The van der Waals surface area contributed by atoms with Crippen molar-refractivity contribution in [3.63, 3.8) is 0 Å². The van der Waals surface area contributed by atoms with E-state index < -0.39 is 18.5 Å². The predicted molar refractivity (Wildman–Crippen MR) is 104 cm³/mol. The van der Waals surface area contributed by atoms with E-state index in [1.54, 1.807) is 0 Å². The van der Waals surface area contributed by atoms with Crippen LogP contribution in [0.15, 0.2) is 24.3 Å². The van der Waals surface area contributed by atoms with Crippen molar-refractivity contribution < 1.29 is 14.3 Å². The van der Waals surface area contributed by atoms with Gasteiger partial charge in [-0.2, -0.15) is 4.98 Å². The number of nitrogens with zero attached hydrogens (tertiary/aromatic N) is 4. The normalized spacial score (nSPS) is 11.1. The number of carbonyl (C=O) groups is 2. The van der Waals surface area contributed by atoms with Crippen molar-refractivity contribution in [3.8, 4) is 0 Å². The number of ether oxygens (including phenoxy) is 1. The summed E-state index contributed by atoms with van der Waals surface area (Å²) in [4.78, 5) is 32.9. The van der Waals surface area contributed by atoms with Crippen LogP contribution >= 0.6 is 0 Å². The highest BCUT2D eigenvalue weighted by Gasteiger charge is 2.19. The first-order valence-corrected chi connectivity index (χ1v) is 9.03. The zero-order valence-electron chi connectivity index (χ0n) is 16.6. The number of anilines is 1. The fourth-order valence-corrected chi connectivity index (χ4v) is 2.97. The van der Waals surface area contributed by atoms with E-state index in [1.807, 2.05) is 45.0 Å². The summed E-state index contributed by atoms with van der Waals surface area (Å²) in [7, 11) is 0. The Labute approximate surface area is 163 Å². The van der Waals surface area contributed by atoms with Gasteiger partial charge < -0.3 is 10.1 Å². The molecule has 0 spiro atoms. The maximum atomic E-state index is 12.3. The van der Waals surface area contributed by atoms with E-state index in [-0.39, 0.29) is 11.7 Å². The minimum atomic E-state index is -0.772. The fourth-order valence-electron chi connectivity index (χ4n) is 2.97. The van der Waals surface area contributed by atoms with Gasteiger partial charge in [-0.1, -0.05) is 32.0 Å². The minimum Gasteiger partial charge on any atom is -0.450 e. The minimum absolute atomic E-state index is 0.132. The van der Waals surface area contributed by atoms with Crippen LogP contribution in [0.2, 0.25) is 0 Å². The summed E-state index contributed by atoms with van der Waals surface area (Å²) >= 11 is 0. The summed E-state index contributed by atoms with van der Waals surface area (Å²) in [6, 6.07) is 7.68. The second-order valence-corrected chi connectivity index (χ2v) is 7.00. The lowest BCUT2D eigenvalue weighted by molar-refractivity contribution is -0.119. The number of nitrogens with one attached hydrogen (secondary N) is 1. The summed E-state index contributed by atoms with van der Waals surface area (Å²) in [6.45, 7) is 9.28. The Kier molecular flexibility index (Phi) is 5.39. The van der Waals surface area contributed by atoms with E-state index >= 15 is 0 Å². The first-order valence-electron chi connectivity index (χ1n) is 9.03. The van der Waals surface area contributed by atoms with Gasteiger partial charge in [0.05, 0.1) is 0 Å². The zero-order valence-corrected chi connectivity index (χ0v) is 16.6. The van der Waals surface area contributed by atoms with Gasteiger partial charge in [-0.3, -0.25) is 4.79 Å². The first kappa shape index (κ1) is 19.5. The van der Waals surface area contributed by atoms with Crippen LogP contribution in [0.1, 0.15) is 52.9 Å². The molecule has 8 nitrogen and oxygen atoms in total. The van der Waals surface area contributed by atoms with Gasteiger partial charge in [0.1, 0.15) is 0 Å². The smallest absolute Gasteiger partial charge is 0.378 e. The molecule has 1 N–H and O–H groups in total. The number of carbonyl (C=O) groups excluding carboxylic acids is 2. The molecule has 0 aliphatic rings. The van der Waals surface area contributed by atoms with Gasteiger partial charge >= 0.3 is 5.97 Å². The molecule has 2 aromatic heterocycles. The molecule has 146 valence electrons. The number of benzene rings is 1. The number of aryl methyl sites for hydroxylation is 3. The molecule has 0 unspecified atom stereocenters. The van der Waals surface area contributed by atoms with Crippen LogP contribution in [0.3, 0.4) is 0 Å². The van der Waals surface area contributed by atoms with E-state index in [9.17, 15) is 9.59 Å². The Balaban J connectivity index is 1.69. The van der Waals surface area contributed by atoms with Gasteiger partial charge in [-0.25, -0.2) is 14.3 Å². The second-order valence-electron chi connectivity index (χ2n) is 7.00. The van der Waals surface area contributed by atoms with Crippen LogP contribution in [-0.2, 0) is 9.53 Å². The summed E-state index contributed by atoms with van der Waals surface area (Å²) in [5.74, 6) is -0.757. The van der Waals surface area contributed by atoms with Crippen molar-refractivity contribution >= 4 is 23.3 Å². The molecule has 0 aliphatic carbocycles. The Morgan fingerprint density at radius 2 is 1.93 bits per heavy atom. The number of para-hydroxylation sites is 1. The Bertz CT molecular complexity index is 1060. The van der Waals surface area contributed by atoms with Gasteiger partial charge in [-0.05, 0) is 43.9 Å². The van der Waals surface area contributed by atoms with E-state index in [2.05, 4.69) is 34.2 Å². The highest BCUT2D eigenvalue weighted by atomic mass is 16.5. The van der Waals surface area contributed by atoms with Crippen molar-refractivity contribution in [1.29, 1.82) is 0 Å². The summed E-state index contributed by atoms with van der Waals surface area (Å²) < 4.78 is 6.55. The molecule has 0 saturated carbocycles. The van der Waals surface area contributed by atoms with Gasteiger partial charge in [0.2, 0.25) is 0 Å². The number of fused-ring (bicyclic) bond motifs is 1. The molecule has 0 aliphatic heterocycles. The van der Waals surface area contributed by atoms with E-state index in [0.717, 1.165) is 28.2 Å². The van der Waals surface area contributed by atoms with Gasteiger partial charge in [-0.15, -0.1) is 5.10 Å². The average molecular weight is 381 g/mol. The SMILES string of the molecule is Cc1cc(C)n2nc(C(=O)OCC(=O)Nc3c(C)cccc3C(C)C)nc2n1. The Morgan fingerprint density at radius 3 is 2.64 bits per heavy atom. The number of hydrogen-bond acceptors (Lipinski definition) is 6. The van der Waals surface area contributed by atoms with Crippen LogP contribution in [0, 0.1) is 20.8 Å². The number of hydrogen-bond donors (Lipinski definition) is 1.